The number of hydrogen-bond donors (Lipinski definition) is 1. The van der Waals surface area contributed by atoms with E-state index in [-0.39, 0.29) is 5.91 Å². The molecule has 6 nitrogen and oxygen atoms in total. The fourth-order valence-corrected chi connectivity index (χ4v) is 3.43. The Morgan fingerprint density at radius 2 is 1.59 bits per heavy atom. The van der Waals surface area contributed by atoms with E-state index in [1.54, 1.807) is 30.3 Å². The highest BCUT2D eigenvalue weighted by atomic mass is 35.5. The highest BCUT2D eigenvalue weighted by Gasteiger charge is 2.11. The molecule has 1 heterocycles. The third kappa shape index (κ3) is 5.66. The van der Waals surface area contributed by atoms with Gasteiger partial charge in [0.15, 0.2) is 0 Å². The average Bonchev–Trinajstić information content (AvgIpc) is 3.29. The maximum Gasteiger partial charge on any atom is 0.248 e. The molecular formula is C24H19Cl2N3O3. The molecule has 0 radical (unpaired) electrons. The molecule has 0 aliphatic heterocycles. The van der Waals surface area contributed by atoms with Crippen LogP contribution in [0.25, 0.3) is 22.9 Å². The zero-order valence-electron chi connectivity index (χ0n) is 16.9. The minimum Gasteiger partial charge on any atom is -0.492 e. The SMILES string of the molecule is O=C(CCCOc1ccc(Cl)cc1Cl)Nc1ccc(-c2nnc(-c3ccccc3)o2)cc1. The van der Waals surface area contributed by atoms with Gasteiger partial charge >= 0.3 is 0 Å². The van der Waals surface area contributed by atoms with E-state index in [1.165, 1.54) is 0 Å². The summed E-state index contributed by atoms with van der Waals surface area (Å²) in [6.07, 6.45) is 0.865. The lowest BCUT2D eigenvalue weighted by Crippen LogP contribution is -2.12. The standard InChI is InChI=1S/C24H19Cl2N3O3/c25-18-10-13-21(20(26)15-18)31-14-4-7-22(30)27-19-11-8-17(9-12-19)24-29-28-23(32-24)16-5-2-1-3-6-16/h1-3,5-6,8-13,15H,4,7,14H2,(H,27,30). The Morgan fingerprint density at radius 3 is 2.28 bits per heavy atom. The van der Waals surface area contributed by atoms with Crippen LogP contribution in [0.15, 0.2) is 77.2 Å². The number of ether oxygens (including phenoxy) is 1. The quantitative estimate of drug-likeness (QED) is 0.299. The summed E-state index contributed by atoms with van der Waals surface area (Å²) in [6, 6.07) is 21.8. The molecule has 0 saturated heterocycles. The number of benzene rings is 3. The van der Waals surface area contributed by atoms with E-state index in [9.17, 15) is 4.79 Å². The van der Waals surface area contributed by atoms with Gasteiger partial charge in [0.25, 0.3) is 0 Å². The van der Waals surface area contributed by atoms with E-state index in [1.807, 2.05) is 42.5 Å². The van der Waals surface area contributed by atoms with Crippen molar-refractivity contribution in [3.05, 3.63) is 82.8 Å². The molecule has 162 valence electrons. The molecule has 32 heavy (non-hydrogen) atoms. The van der Waals surface area contributed by atoms with Crippen molar-refractivity contribution in [2.45, 2.75) is 12.8 Å². The number of nitrogens with one attached hydrogen (secondary N) is 1. The van der Waals surface area contributed by atoms with Gasteiger partial charge in [-0.3, -0.25) is 4.79 Å². The smallest absolute Gasteiger partial charge is 0.248 e. The second-order valence-corrected chi connectivity index (χ2v) is 7.77. The Kier molecular flexibility index (Phi) is 7.04. The van der Waals surface area contributed by atoms with Crippen LogP contribution >= 0.6 is 23.2 Å². The molecule has 0 aliphatic carbocycles. The molecule has 0 fully saturated rings. The fourth-order valence-electron chi connectivity index (χ4n) is 2.96. The van der Waals surface area contributed by atoms with Crippen LogP contribution in [-0.2, 0) is 4.79 Å². The number of halogens is 2. The first-order chi connectivity index (χ1) is 15.6. The van der Waals surface area contributed by atoms with Gasteiger partial charge in [-0.05, 0) is 61.0 Å². The molecule has 0 bridgehead atoms. The van der Waals surface area contributed by atoms with Crippen LogP contribution in [0.5, 0.6) is 5.75 Å². The Bertz CT molecular complexity index is 1190. The fraction of sp³-hybridized carbons (Fsp3) is 0.125. The zero-order chi connectivity index (χ0) is 22.3. The van der Waals surface area contributed by atoms with Gasteiger partial charge < -0.3 is 14.5 Å². The van der Waals surface area contributed by atoms with Crippen LogP contribution in [0, 0.1) is 0 Å². The van der Waals surface area contributed by atoms with Crippen LogP contribution in [0.2, 0.25) is 10.0 Å². The number of carbonyl (C=O) groups excluding carboxylic acids is 1. The van der Waals surface area contributed by atoms with Gasteiger partial charge in [0.05, 0.1) is 11.6 Å². The predicted molar refractivity (Wildman–Crippen MR) is 125 cm³/mol. The van der Waals surface area contributed by atoms with E-state index >= 15 is 0 Å². The summed E-state index contributed by atoms with van der Waals surface area (Å²) in [5.74, 6) is 1.32. The number of nitrogens with zero attached hydrogens (tertiary/aromatic N) is 2. The van der Waals surface area contributed by atoms with Gasteiger partial charge in [-0.1, -0.05) is 41.4 Å². The van der Waals surface area contributed by atoms with Crippen molar-refractivity contribution in [2.24, 2.45) is 0 Å². The van der Waals surface area contributed by atoms with Crippen molar-refractivity contribution in [3.63, 3.8) is 0 Å². The molecule has 1 aromatic heterocycles. The first-order valence-electron chi connectivity index (χ1n) is 9.95. The van der Waals surface area contributed by atoms with Gasteiger partial charge in [-0.25, -0.2) is 0 Å². The van der Waals surface area contributed by atoms with Crippen molar-refractivity contribution in [2.75, 3.05) is 11.9 Å². The number of carbonyl (C=O) groups is 1. The number of hydrogen-bond acceptors (Lipinski definition) is 5. The molecule has 4 rings (SSSR count). The molecule has 4 aromatic rings. The highest BCUT2D eigenvalue weighted by molar-refractivity contribution is 6.35. The number of anilines is 1. The molecule has 1 N–H and O–H groups in total. The first kappa shape index (κ1) is 21.9. The van der Waals surface area contributed by atoms with Crippen molar-refractivity contribution in [1.29, 1.82) is 0 Å². The van der Waals surface area contributed by atoms with E-state index in [4.69, 9.17) is 32.4 Å². The lowest BCUT2D eigenvalue weighted by Gasteiger charge is -2.09. The second-order valence-electron chi connectivity index (χ2n) is 6.93. The Morgan fingerprint density at radius 1 is 0.906 bits per heavy atom. The lowest BCUT2D eigenvalue weighted by atomic mass is 10.2. The summed E-state index contributed by atoms with van der Waals surface area (Å²) in [5, 5.41) is 12.1. The van der Waals surface area contributed by atoms with Crippen molar-refractivity contribution in [3.8, 4) is 28.7 Å². The minimum absolute atomic E-state index is 0.104. The maximum atomic E-state index is 12.2. The van der Waals surface area contributed by atoms with E-state index in [0.29, 0.717) is 52.7 Å². The lowest BCUT2D eigenvalue weighted by molar-refractivity contribution is -0.116. The minimum atomic E-state index is -0.104. The summed E-state index contributed by atoms with van der Waals surface area (Å²) < 4.78 is 11.4. The summed E-state index contributed by atoms with van der Waals surface area (Å²) in [4.78, 5) is 12.2. The third-order valence-electron chi connectivity index (χ3n) is 4.56. The third-order valence-corrected chi connectivity index (χ3v) is 5.09. The topological polar surface area (TPSA) is 77.2 Å². The first-order valence-corrected chi connectivity index (χ1v) is 10.7. The van der Waals surface area contributed by atoms with E-state index < -0.39 is 0 Å². The van der Waals surface area contributed by atoms with Gasteiger partial charge in [-0.2, -0.15) is 0 Å². The van der Waals surface area contributed by atoms with Gasteiger partial charge in [-0.15, -0.1) is 10.2 Å². The van der Waals surface area contributed by atoms with Crippen LogP contribution in [0.3, 0.4) is 0 Å². The van der Waals surface area contributed by atoms with Crippen molar-refractivity contribution in [1.82, 2.24) is 10.2 Å². The van der Waals surface area contributed by atoms with Crippen LogP contribution in [-0.4, -0.2) is 22.7 Å². The molecule has 8 heteroatoms. The number of aromatic nitrogens is 2. The largest absolute Gasteiger partial charge is 0.492 e. The number of rotatable bonds is 8. The Labute approximate surface area is 195 Å². The normalized spacial score (nSPS) is 10.7. The maximum absolute atomic E-state index is 12.2. The van der Waals surface area contributed by atoms with Gasteiger partial charge in [0, 0.05) is 28.3 Å². The molecule has 0 aliphatic rings. The molecular weight excluding hydrogens is 449 g/mol. The van der Waals surface area contributed by atoms with Gasteiger partial charge in [0.2, 0.25) is 17.7 Å². The second kappa shape index (κ2) is 10.3. The van der Waals surface area contributed by atoms with Crippen LogP contribution in [0.1, 0.15) is 12.8 Å². The molecule has 3 aromatic carbocycles. The molecule has 1 amide bonds. The summed E-state index contributed by atoms with van der Waals surface area (Å²) >= 11 is 11.9. The van der Waals surface area contributed by atoms with Crippen molar-refractivity contribution < 1.29 is 13.9 Å². The highest BCUT2D eigenvalue weighted by Crippen LogP contribution is 2.28. The summed E-state index contributed by atoms with van der Waals surface area (Å²) in [7, 11) is 0. The molecule has 0 spiro atoms. The monoisotopic (exact) mass is 467 g/mol. The molecule has 0 atom stereocenters. The van der Waals surface area contributed by atoms with Crippen LogP contribution in [0.4, 0.5) is 5.69 Å². The predicted octanol–water partition coefficient (Wildman–Crippen LogP) is 6.51. The zero-order valence-corrected chi connectivity index (χ0v) is 18.4. The molecule has 0 unspecified atom stereocenters. The van der Waals surface area contributed by atoms with Gasteiger partial charge in [0.1, 0.15) is 5.75 Å². The van der Waals surface area contributed by atoms with Crippen LogP contribution < -0.4 is 10.1 Å². The Balaban J connectivity index is 1.26. The van der Waals surface area contributed by atoms with Crippen molar-refractivity contribution >= 4 is 34.8 Å². The summed E-state index contributed by atoms with van der Waals surface area (Å²) in [5.41, 5.74) is 2.31. The molecule has 0 saturated carbocycles. The number of amides is 1. The Hall–Kier alpha value is -3.35. The van der Waals surface area contributed by atoms with E-state index in [2.05, 4.69) is 15.5 Å². The average molecular weight is 468 g/mol. The van der Waals surface area contributed by atoms with E-state index in [0.717, 1.165) is 11.1 Å². The summed E-state index contributed by atoms with van der Waals surface area (Å²) in [6.45, 7) is 0.370.